The van der Waals surface area contributed by atoms with Crippen molar-refractivity contribution in [2.45, 2.75) is 36.4 Å². The van der Waals surface area contributed by atoms with Crippen molar-refractivity contribution in [2.75, 3.05) is 30.6 Å². The zero-order valence-corrected chi connectivity index (χ0v) is 28.9. The standard InChI is InChI=1S/C16H14F5N5O5S.C12H10Cl2N2O4/c1-29-10-6-22-15(30-2)26-13(10)23-14(24-26)25-32(27,28)12-8(16(19,20)21)4-3-5-9(12)31-7-11(17)18;1-12(11(19)20)5-8(10(17)18)15-16(12)9-3-2-6(13)4-7(9)14/h3-6,11H,7H2,1-2H3,(H,24,25);2-4H,5H2,1H3,(H,17,18)(H,19,20). The number of rotatable bonds is 11. The molecule has 1 aliphatic rings. The number of carboxylic acid groups (broad SMARTS) is 2. The summed E-state index contributed by atoms with van der Waals surface area (Å²) in [5, 5.41) is 27.7. The SMILES string of the molecule is CC1(C(=O)O)CC(C(=O)O)=NN1c1ccc(Cl)cc1Cl.COc1cnc(OC)n2nc(NS(=O)(=O)c3c(OCC(F)F)cccc3C(F)(F)F)nc12. The molecule has 0 saturated heterocycles. The molecule has 0 saturated carbocycles. The summed E-state index contributed by atoms with van der Waals surface area (Å²) in [5.74, 6) is -3.98. The van der Waals surface area contributed by atoms with Gasteiger partial charge < -0.3 is 24.4 Å². The number of hydrazone groups is 1. The molecule has 52 heavy (non-hydrogen) atoms. The summed E-state index contributed by atoms with van der Waals surface area (Å²) in [6, 6.07) is 6.45. The molecule has 0 bridgehead atoms. The Morgan fingerprint density at radius 2 is 1.79 bits per heavy atom. The maximum atomic E-state index is 13.5. The van der Waals surface area contributed by atoms with E-state index in [9.17, 15) is 45.1 Å². The number of fused-ring (bicyclic) bond motifs is 1. The molecule has 0 radical (unpaired) electrons. The highest BCUT2D eigenvalue weighted by Gasteiger charge is 2.48. The first kappa shape index (κ1) is 39.6. The topological polar surface area (TPSA) is 207 Å². The molecule has 16 nitrogen and oxygen atoms in total. The van der Waals surface area contributed by atoms with Gasteiger partial charge in [-0.25, -0.2) is 36.5 Å². The number of anilines is 2. The van der Waals surface area contributed by atoms with Gasteiger partial charge in [0.1, 0.15) is 23.0 Å². The van der Waals surface area contributed by atoms with E-state index < -0.39 is 68.9 Å². The summed E-state index contributed by atoms with van der Waals surface area (Å²) >= 11 is 11.8. The van der Waals surface area contributed by atoms with Gasteiger partial charge in [0.2, 0.25) is 5.65 Å². The van der Waals surface area contributed by atoms with Gasteiger partial charge in [-0.3, -0.25) is 0 Å². The zero-order chi connectivity index (χ0) is 38.8. The number of methoxy groups -OCH3 is 2. The number of sulfonamides is 1. The first-order valence-electron chi connectivity index (χ1n) is 14.0. The van der Waals surface area contributed by atoms with Crippen molar-refractivity contribution in [3.63, 3.8) is 0 Å². The molecule has 4 aromatic rings. The fourth-order valence-electron chi connectivity index (χ4n) is 4.54. The van der Waals surface area contributed by atoms with Crippen molar-refractivity contribution >= 4 is 68.2 Å². The van der Waals surface area contributed by atoms with Crippen LogP contribution in [0.25, 0.3) is 5.65 Å². The largest absolute Gasteiger partial charge is 0.491 e. The Balaban J connectivity index is 0.000000259. The number of hydrogen-bond donors (Lipinski definition) is 3. The van der Waals surface area contributed by atoms with Crippen LogP contribution >= 0.6 is 23.2 Å². The van der Waals surface area contributed by atoms with Crippen LogP contribution in [0.1, 0.15) is 18.9 Å². The number of nitrogens with one attached hydrogen (secondary N) is 1. The van der Waals surface area contributed by atoms with E-state index in [-0.39, 0.29) is 40.2 Å². The fourth-order valence-corrected chi connectivity index (χ4v) is 6.32. The molecule has 1 atom stereocenters. The number of alkyl halides is 5. The molecule has 0 aliphatic carbocycles. The molecule has 24 heteroatoms. The molecule has 1 unspecified atom stereocenters. The molecule has 2 aromatic heterocycles. The average Bonchev–Trinajstić information content (AvgIpc) is 3.64. The molecule has 2 aromatic carbocycles. The van der Waals surface area contributed by atoms with Crippen LogP contribution in [0, 0.1) is 0 Å². The van der Waals surface area contributed by atoms with Gasteiger partial charge in [-0.2, -0.15) is 32.8 Å². The fraction of sp³-hybridized carbons (Fsp3) is 0.286. The average molecular weight is 801 g/mol. The summed E-state index contributed by atoms with van der Waals surface area (Å²) in [6.45, 7) is 0.0657. The third-order valence-electron chi connectivity index (χ3n) is 6.89. The Kier molecular flexibility index (Phi) is 11.5. The van der Waals surface area contributed by atoms with Gasteiger partial charge in [-0.1, -0.05) is 29.3 Å². The molecule has 0 fully saturated rings. The highest BCUT2D eigenvalue weighted by atomic mass is 35.5. The van der Waals surface area contributed by atoms with Crippen molar-refractivity contribution in [3.05, 3.63) is 58.2 Å². The number of carboxylic acids is 2. The van der Waals surface area contributed by atoms with Crippen LogP contribution < -0.4 is 23.9 Å². The van der Waals surface area contributed by atoms with Gasteiger partial charge in [-0.05, 0) is 37.3 Å². The lowest BCUT2D eigenvalue weighted by atomic mass is 9.95. The maximum Gasteiger partial charge on any atom is 0.417 e. The number of hydrogen-bond acceptors (Lipinski definition) is 12. The molecular weight excluding hydrogens is 776 g/mol. The second-order valence-electron chi connectivity index (χ2n) is 10.4. The van der Waals surface area contributed by atoms with Gasteiger partial charge >= 0.3 is 24.1 Å². The quantitative estimate of drug-likeness (QED) is 0.169. The van der Waals surface area contributed by atoms with Crippen LogP contribution in [0.3, 0.4) is 0 Å². The van der Waals surface area contributed by atoms with Crippen molar-refractivity contribution in [2.24, 2.45) is 5.10 Å². The number of halogens is 7. The van der Waals surface area contributed by atoms with Crippen LogP contribution in [0.2, 0.25) is 10.0 Å². The highest BCUT2D eigenvalue weighted by Crippen LogP contribution is 2.40. The number of carbonyl (C=O) groups is 2. The Morgan fingerprint density at radius 3 is 2.35 bits per heavy atom. The third-order valence-corrected chi connectivity index (χ3v) is 8.84. The first-order chi connectivity index (χ1) is 24.2. The molecule has 3 heterocycles. The molecule has 280 valence electrons. The number of ether oxygens (including phenoxy) is 3. The number of nitrogens with zero attached hydrogens (tertiary/aromatic N) is 6. The molecule has 0 spiro atoms. The lowest BCUT2D eigenvalue weighted by Gasteiger charge is -2.30. The van der Waals surface area contributed by atoms with Crippen LogP contribution in [-0.4, -0.2) is 88.7 Å². The summed E-state index contributed by atoms with van der Waals surface area (Å²) in [5.41, 5.74) is -3.14. The summed E-state index contributed by atoms with van der Waals surface area (Å²) in [7, 11) is -2.56. The number of benzene rings is 2. The van der Waals surface area contributed by atoms with Gasteiger partial charge in [0, 0.05) is 11.4 Å². The molecule has 3 N–H and O–H groups in total. The highest BCUT2D eigenvalue weighted by molar-refractivity contribution is 7.92. The van der Waals surface area contributed by atoms with Crippen molar-refractivity contribution in [1.29, 1.82) is 0 Å². The van der Waals surface area contributed by atoms with Crippen LogP contribution in [0.5, 0.6) is 17.5 Å². The first-order valence-corrected chi connectivity index (χ1v) is 16.2. The Bertz CT molecular complexity index is 2110. The van der Waals surface area contributed by atoms with E-state index in [0.29, 0.717) is 11.1 Å². The van der Waals surface area contributed by atoms with Crippen LogP contribution in [-0.2, 0) is 25.8 Å². The third kappa shape index (κ3) is 8.29. The Labute approximate surface area is 299 Å². The minimum Gasteiger partial charge on any atom is -0.491 e. The maximum absolute atomic E-state index is 13.5. The monoisotopic (exact) mass is 799 g/mol. The number of aliphatic carboxylic acids is 2. The van der Waals surface area contributed by atoms with E-state index in [1.165, 1.54) is 45.5 Å². The lowest BCUT2D eigenvalue weighted by molar-refractivity contribution is -0.142. The Morgan fingerprint density at radius 1 is 1.10 bits per heavy atom. The van der Waals surface area contributed by atoms with Crippen molar-refractivity contribution < 1.29 is 64.4 Å². The van der Waals surface area contributed by atoms with E-state index in [0.717, 1.165) is 21.7 Å². The second kappa shape index (κ2) is 15.2. The zero-order valence-electron chi connectivity index (χ0n) is 26.5. The van der Waals surface area contributed by atoms with Gasteiger partial charge in [0.15, 0.2) is 11.3 Å². The summed E-state index contributed by atoms with van der Waals surface area (Å²) in [4.78, 5) is 28.8. The van der Waals surface area contributed by atoms with Gasteiger partial charge in [-0.15, -0.1) is 5.10 Å². The Hall–Kier alpha value is -5.22. The predicted octanol–water partition coefficient (Wildman–Crippen LogP) is 5.09. The van der Waals surface area contributed by atoms with E-state index in [2.05, 4.69) is 24.9 Å². The van der Waals surface area contributed by atoms with Crippen LogP contribution in [0.15, 0.2) is 52.6 Å². The second-order valence-corrected chi connectivity index (χ2v) is 12.9. The summed E-state index contributed by atoms with van der Waals surface area (Å²) < 4.78 is 109. The van der Waals surface area contributed by atoms with E-state index in [1.807, 2.05) is 0 Å². The molecule has 0 amide bonds. The minimum atomic E-state index is -5.14. The molecular formula is C28H24Cl2F5N7O9S. The van der Waals surface area contributed by atoms with E-state index >= 15 is 0 Å². The van der Waals surface area contributed by atoms with Gasteiger partial charge in [0.25, 0.3) is 22.4 Å². The normalized spacial score (nSPS) is 15.9. The van der Waals surface area contributed by atoms with E-state index in [4.69, 9.17) is 37.8 Å². The van der Waals surface area contributed by atoms with E-state index in [1.54, 1.807) is 4.72 Å². The molecule has 5 rings (SSSR count). The van der Waals surface area contributed by atoms with Crippen molar-refractivity contribution in [1.82, 2.24) is 19.6 Å². The molecule has 1 aliphatic heterocycles. The van der Waals surface area contributed by atoms with Crippen molar-refractivity contribution in [3.8, 4) is 17.5 Å². The van der Waals surface area contributed by atoms with Gasteiger partial charge in [0.05, 0.1) is 36.7 Å². The number of aromatic nitrogens is 4. The smallest absolute Gasteiger partial charge is 0.417 e. The minimum absolute atomic E-state index is 0.0559. The predicted molar refractivity (Wildman–Crippen MR) is 172 cm³/mol. The van der Waals surface area contributed by atoms with Crippen LogP contribution in [0.4, 0.5) is 33.6 Å². The summed E-state index contributed by atoms with van der Waals surface area (Å²) in [6.07, 6.45) is -7.22. The lowest BCUT2D eigenvalue weighted by Crippen LogP contribution is -2.47.